The predicted molar refractivity (Wildman–Crippen MR) is 73.2 cm³/mol. The van der Waals surface area contributed by atoms with E-state index in [2.05, 4.69) is 5.32 Å². The van der Waals surface area contributed by atoms with E-state index in [0.29, 0.717) is 33.6 Å². The lowest BCUT2D eigenvalue weighted by atomic mass is 10.1. The van der Waals surface area contributed by atoms with E-state index in [0.717, 1.165) is 0 Å². The summed E-state index contributed by atoms with van der Waals surface area (Å²) in [6.45, 7) is 0. The first-order valence-electron chi connectivity index (χ1n) is 5.81. The normalized spacial score (nSPS) is 8.76. The lowest BCUT2D eigenvalue weighted by Crippen LogP contribution is -1.93. The molecule has 0 aliphatic heterocycles. The molecule has 1 radical (unpaired) electrons. The van der Waals surface area contributed by atoms with E-state index in [4.69, 9.17) is 21.0 Å². The van der Waals surface area contributed by atoms with Crippen LogP contribution in [0.1, 0.15) is 22.3 Å². The van der Waals surface area contributed by atoms with Gasteiger partial charge in [0, 0.05) is 0 Å². The molecule has 5 nitrogen and oxygen atoms in total. The van der Waals surface area contributed by atoms with Gasteiger partial charge in [0.1, 0.15) is 0 Å². The second kappa shape index (κ2) is 5.89. The number of hydrogen-bond donors (Lipinski definition) is 0. The molecule has 0 aliphatic rings. The summed E-state index contributed by atoms with van der Waals surface area (Å²) >= 11 is 0. The zero-order valence-electron chi connectivity index (χ0n) is 10.7. The van der Waals surface area contributed by atoms with Crippen molar-refractivity contribution in [2.24, 2.45) is 0 Å². The molecule has 2 aromatic carbocycles. The van der Waals surface area contributed by atoms with Crippen molar-refractivity contribution in [2.75, 3.05) is 0 Å². The molecule has 2 rings (SSSR count). The van der Waals surface area contributed by atoms with E-state index in [1.54, 1.807) is 0 Å². The fraction of sp³-hybridized carbons (Fsp3) is 0. The van der Waals surface area contributed by atoms with E-state index in [1.807, 2.05) is 24.3 Å². The van der Waals surface area contributed by atoms with Crippen molar-refractivity contribution in [1.82, 2.24) is 5.32 Å². The van der Waals surface area contributed by atoms with Crippen molar-refractivity contribution in [3.05, 3.63) is 58.7 Å². The second-order valence-electron chi connectivity index (χ2n) is 4.10. The van der Waals surface area contributed by atoms with Crippen molar-refractivity contribution in [1.29, 1.82) is 21.0 Å². The molecule has 5 heteroatoms. The van der Waals surface area contributed by atoms with E-state index in [9.17, 15) is 0 Å². The van der Waals surface area contributed by atoms with Gasteiger partial charge < -0.3 is 0 Å². The Morgan fingerprint density at radius 3 is 1.05 bits per heavy atom. The minimum Gasteiger partial charge on any atom is -0.249 e. The number of rotatable bonds is 2. The van der Waals surface area contributed by atoms with Gasteiger partial charge in [-0.3, -0.25) is 0 Å². The minimum absolute atomic E-state index is 0.324. The Kier molecular flexibility index (Phi) is 3.82. The highest BCUT2D eigenvalue weighted by molar-refractivity contribution is 5.59. The summed E-state index contributed by atoms with van der Waals surface area (Å²) < 4.78 is 0. The monoisotopic (exact) mass is 268 g/mol. The fourth-order valence-electron chi connectivity index (χ4n) is 1.76. The van der Waals surface area contributed by atoms with Gasteiger partial charge in [0.25, 0.3) is 0 Å². The van der Waals surface area contributed by atoms with Crippen LogP contribution in [0.3, 0.4) is 0 Å². The summed E-state index contributed by atoms with van der Waals surface area (Å²) in [7, 11) is 0. The lowest BCUT2D eigenvalue weighted by Gasteiger charge is -2.05. The Bertz CT molecular complexity index is 731. The molecule has 0 saturated carbocycles. The van der Waals surface area contributed by atoms with Gasteiger partial charge >= 0.3 is 0 Å². The molecule has 0 aliphatic carbocycles. The van der Waals surface area contributed by atoms with Crippen LogP contribution in [-0.4, -0.2) is 0 Å². The van der Waals surface area contributed by atoms with Gasteiger partial charge in [-0.05, 0) is 36.4 Å². The second-order valence-corrected chi connectivity index (χ2v) is 4.10. The minimum atomic E-state index is 0.324. The van der Waals surface area contributed by atoms with Crippen LogP contribution in [0.2, 0.25) is 0 Å². The fourth-order valence-corrected chi connectivity index (χ4v) is 1.76. The SMILES string of the molecule is N#Cc1cc(C#N)cc([N]c2cc(C#N)cc(C#N)c2)c1. The van der Waals surface area contributed by atoms with Crippen LogP contribution in [0, 0.1) is 45.3 Å². The van der Waals surface area contributed by atoms with Crippen molar-refractivity contribution in [3.8, 4) is 24.3 Å². The van der Waals surface area contributed by atoms with Crippen LogP contribution in [0.5, 0.6) is 0 Å². The van der Waals surface area contributed by atoms with E-state index in [1.165, 1.54) is 36.4 Å². The topological polar surface area (TPSA) is 109 Å². The molecule has 21 heavy (non-hydrogen) atoms. The molecule has 0 fully saturated rings. The maximum atomic E-state index is 8.93. The molecule has 0 bridgehead atoms. The third kappa shape index (κ3) is 3.15. The summed E-state index contributed by atoms with van der Waals surface area (Å²) in [6.07, 6.45) is 0. The van der Waals surface area contributed by atoms with Gasteiger partial charge in [0.15, 0.2) is 0 Å². The quantitative estimate of drug-likeness (QED) is 0.833. The van der Waals surface area contributed by atoms with E-state index >= 15 is 0 Å². The van der Waals surface area contributed by atoms with Gasteiger partial charge in [-0.25, -0.2) is 5.32 Å². The standard InChI is InChI=1S/C16H6N5/c17-7-11-1-12(8-18)4-15(3-11)21-16-5-13(9-19)2-14(6-16)10-20/h1-6H. The summed E-state index contributed by atoms with van der Waals surface area (Å²) in [4.78, 5) is 0. The first kappa shape index (κ1) is 13.6. The van der Waals surface area contributed by atoms with Gasteiger partial charge in [-0.1, -0.05) is 0 Å². The molecule has 0 spiro atoms. The van der Waals surface area contributed by atoms with Crippen molar-refractivity contribution < 1.29 is 0 Å². The Morgan fingerprint density at radius 1 is 0.524 bits per heavy atom. The average molecular weight is 268 g/mol. The molecule has 0 amide bonds. The number of hydrogen-bond acceptors (Lipinski definition) is 4. The first-order valence-corrected chi connectivity index (χ1v) is 5.81. The van der Waals surface area contributed by atoms with Gasteiger partial charge in [-0.15, -0.1) is 0 Å². The summed E-state index contributed by atoms with van der Waals surface area (Å²) in [5, 5.41) is 40.0. The smallest absolute Gasteiger partial charge is 0.0992 e. The van der Waals surface area contributed by atoms with Crippen LogP contribution in [0.15, 0.2) is 36.4 Å². The molecule has 0 heterocycles. The van der Waals surface area contributed by atoms with Crippen LogP contribution in [0.25, 0.3) is 0 Å². The molecular formula is C16H6N5. The van der Waals surface area contributed by atoms with Gasteiger partial charge in [0.2, 0.25) is 0 Å². The highest BCUT2D eigenvalue weighted by atomic mass is 14.9. The third-order valence-corrected chi connectivity index (χ3v) is 2.61. The van der Waals surface area contributed by atoms with Crippen molar-refractivity contribution >= 4 is 11.4 Å². The Morgan fingerprint density at radius 2 is 0.810 bits per heavy atom. The van der Waals surface area contributed by atoms with Crippen LogP contribution in [0.4, 0.5) is 11.4 Å². The zero-order chi connectivity index (χ0) is 15.2. The molecule has 0 unspecified atom stereocenters. The maximum absolute atomic E-state index is 8.93. The summed E-state index contributed by atoms with van der Waals surface area (Å²) in [6, 6.07) is 16.9. The van der Waals surface area contributed by atoms with Gasteiger partial charge in [0.05, 0.1) is 57.9 Å². The molecule has 2 aromatic rings. The Hall–Kier alpha value is -3.80. The maximum Gasteiger partial charge on any atom is 0.0992 e. The number of benzene rings is 2. The van der Waals surface area contributed by atoms with Crippen molar-refractivity contribution in [2.45, 2.75) is 0 Å². The molecule has 0 aromatic heterocycles. The lowest BCUT2D eigenvalue weighted by molar-refractivity contribution is 1.17. The van der Waals surface area contributed by atoms with Crippen molar-refractivity contribution in [3.63, 3.8) is 0 Å². The largest absolute Gasteiger partial charge is 0.249 e. The molecule has 0 N–H and O–H groups in total. The zero-order valence-corrected chi connectivity index (χ0v) is 10.7. The summed E-state index contributed by atoms with van der Waals surface area (Å²) in [5.74, 6) is 0. The number of nitriles is 4. The van der Waals surface area contributed by atoms with Crippen LogP contribution in [-0.2, 0) is 0 Å². The molecule has 0 atom stereocenters. The van der Waals surface area contributed by atoms with Crippen LogP contribution < -0.4 is 5.32 Å². The highest BCUT2D eigenvalue weighted by Gasteiger charge is 2.06. The molecular weight excluding hydrogens is 262 g/mol. The van der Waals surface area contributed by atoms with E-state index in [-0.39, 0.29) is 0 Å². The highest BCUT2D eigenvalue weighted by Crippen LogP contribution is 2.22. The predicted octanol–water partition coefficient (Wildman–Crippen LogP) is 2.74. The summed E-state index contributed by atoms with van der Waals surface area (Å²) in [5.41, 5.74) is 2.14. The van der Waals surface area contributed by atoms with Crippen LogP contribution >= 0.6 is 0 Å². The number of nitrogens with zero attached hydrogens (tertiary/aromatic N) is 5. The Balaban J connectivity index is 2.44. The third-order valence-electron chi connectivity index (χ3n) is 2.61. The molecule has 0 saturated heterocycles. The first-order chi connectivity index (χ1) is 10.2. The average Bonchev–Trinajstić information content (AvgIpc) is 2.53. The van der Waals surface area contributed by atoms with E-state index < -0.39 is 0 Å². The van der Waals surface area contributed by atoms with Gasteiger partial charge in [-0.2, -0.15) is 21.0 Å². The molecule has 95 valence electrons. The Labute approximate surface area is 121 Å².